The molecule has 20 nitrogen and oxygen atoms in total. The maximum Gasteiger partial charge on any atom is 0.314 e. The summed E-state index contributed by atoms with van der Waals surface area (Å²) >= 11 is 0. The largest absolute Gasteiger partial charge is 0.476 e. The topological polar surface area (TPSA) is 232 Å². The summed E-state index contributed by atoms with van der Waals surface area (Å²) in [6.45, 7) is 6.81. The number of nitro benzene ring substituents is 2. The number of aliphatic imine (C=N–C) groups is 1. The number of halogens is 2. The predicted octanol–water partition coefficient (Wildman–Crippen LogP) is 6.62. The molecular weight excluding hydrogens is 811 g/mol. The van der Waals surface area contributed by atoms with Crippen LogP contribution in [-0.4, -0.2) is 93.9 Å². The number of aryl methyl sites for hydroxylation is 1. The molecule has 6 aromatic rings. The van der Waals surface area contributed by atoms with Gasteiger partial charge >= 0.3 is 12.2 Å². The molecule has 0 saturated carbocycles. The van der Waals surface area contributed by atoms with Crippen molar-refractivity contribution in [2.75, 3.05) is 26.4 Å². The summed E-state index contributed by atoms with van der Waals surface area (Å²) in [7, 11) is 0.515. The van der Waals surface area contributed by atoms with E-state index < -0.39 is 36.6 Å². The Morgan fingerprint density at radius 2 is 1.38 bits per heavy atom. The predicted molar refractivity (Wildman–Crippen MR) is 213 cm³/mol. The number of aromatic nitrogens is 8. The van der Waals surface area contributed by atoms with Crippen molar-refractivity contribution >= 4 is 48.5 Å². The van der Waals surface area contributed by atoms with Crippen LogP contribution in [-0.2, 0) is 33.7 Å². The average Bonchev–Trinajstić information content (AvgIpc) is 3.95. The highest BCUT2D eigenvalue weighted by atomic mass is 31.2. The second kappa shape index (κ2) is 20.1. The van der Waals surface area contributed by atoms with E-state index in [1.807, 2.05) is 20.5 Å². The van der Waals surface area contributed by atoms with Crippen LogP contribution in [0.15, 0.2) is 66.2 Å². The fourth-order valence-corrected chi connectivity index (χ4v) is 6.92. The number of benzene rings is 2. The summed E-state index contributed by atoms with van der Waals surface area (Å²) < 4.78 is 60.0. The highest BCUT2D eigenvalue weighted by molar-refractivity contribution is 7.46. The molecule has 7 rings (SSSR count). The minimum Gasteiger partial charge on any atom is -0.476 e. The molecule has 0 bridgehead atoms. The van der Waals surface area contributed by atoms with E-state index in [4.69, 9.17) is 23.3 Å². The van der Waals surface area contributed by atoms with Gasteiger partial charge in [-0.2, -0.15) is 28.7 Å². The molecule has 1 aliphatic heterocycles. The van der Waals surface area contributed by atoms with Gasteiger partial charge in [-0.25, -0.2) is 9.97 Å². The minimum atomic E-state index is -1.18. The van der Waals surface area contributed by atoms with Crippen LogP contribution < -0.4 is 9.47 Å². The number of fused-ring (bicyclic) bond motifs is 2. The van der Waals surface area contributed by atoms with E-state index >= 15 is 0 Å². The van der Waals surface area contributed by atoms with E-state index in [9.17, 15) is 29.0 Å². The number of imidazole rings is 2. The zero-order valence-electron chi connectivity index (χ0n) is 32.8. The Bertz CT molecular complexity index is 2440. The van der Waals surface area contributed by atoms with Crippen molar-refractivity contribution in [1.82, 2.24) is 39.0 Å². The van der Waals surface area contributed by atoms with Gasteiger partial charge in [0.2, 0.25) is 20.1 Å². The lowest BCUT2D eigenvalue weighted by Crippen LogP contribution is -2.21. The van der Waals surface area contributed by atoms with Crippen LogP contribution in [0.4, 0.5) is 20.2 Å². The molecular formula is C37H40F2N11O9P. The van der Waals surface area contributed by atoms with Crippen LogP contribution >= 0.6 is 8.38 Å². The fourth-order valence-electron chi connectivity index (χ4n) is 6.07. The molecule has 23 heteroatoms. The first-order chi connectivity index (χ1) is 28.9. The highest BCUT2D eigenvalue weighted by Gasteiger charge is 2.38. The Morgan fingerprint density at radius 3 is 1.92 bits per heavy atom. The van der Waals surface area contributed by atoms with E-state index in [0.717, 1.165) is 17.5 Å². The third-order valence-electron chi connectivity index (χ3n) is 9.05. The number of rotatable bonds is 17. The van der Waals surface area contributed by atoms with Crippen molar-refractivity contribution in [2.45, 2.75) is 58.0 Å². The Balaban J connectivity index is 0.000000224. The maximum atomic E-state index is 14.4. The molecule has 0 spiro atoms. The average molecular weight is 852 g/mol. The lowest BCUT2D eigenvalue weighted by atomic mass is 10.1. The molecule has 316 valence electrons. The lowest BCUT2D eigenvalue weighted by molar-refractivity contribution is -0.385. The fraction of sp³-hybridized carbons (Fsp3) is 0.378. The van der Waals surface area contributed by atoms with Gasteiger partial charge in [0, 0.05) is 63.8 Å². The molecule has 1 fully saturated rings. The number of nitrogens with zero attached hydrogens (tertiary/aromatic N) is 11. The van der Waals surface area contributed by atoms with Crippen molar-refractivity contribution in [1.29, 1.82) is 0 Å². The van der Waals surface area contributed by atoms with Crippen molar-refractivity contribution in [3.05, 3.63) is 105 Å². The molecule has 0 amide bonds. The van der Waals surface area contributed by atoms with Gasteiger partial charge in [0.05, 0.1) is 47.9 Å². The van der Waals surface area contributed by atoms with Gasteiger partial charge in [0.25, 0.3) is 11.4 Å². The molecule has 60 heavy (non-hydrogen) atoms. The van der Waals surface area contributed by atoms with E-state index in [1.54, 1.807) is 40.4 Å². The van der Waals surface area contributed by atoms with E-state index in [0.29, 0.717) is 42.5 Å². The SMILES string of the molecule is CCN=COP(C)OC1C[C@H](n2cnc3c(OCCc4ccc([N+](=O)[O-])cc4)nc(F)nc32)O[C@@H]1CC.Cn1cnc2c(OCCc3ccc([N+](=O)[O-])cc3)nc(F)nc21. The van der Waals surface area contributed by atoms with Crippen molar-refractivity contribution in [3.8, 4) is 11.8 Å². The summed E-state index contributed by atoms with van der Waals surface area (Å²) in [6, 6.07) is 12.3. The Labute approximate surface area is 341 Å². The first-order valence-corrected chi connectivity index (χ1v) is 20.2. The molecule has 2 aromatic carbocycles. The standard InChI is InChI=1S/C23H28FN6O6P.C14H12FN5O3/c1-4-17-18(36-37(3)34-14-25-5-2)12-19(35-17)29-13-26-20-21(29)27-23(24)28-22(20)33-11-10-15-6-8-16(9-7-15)30(31)32;1-19-8-16-11-12(19)17-14(15)18-13(11)23-7-6-9-2-4-10(5-3-9)20(21)22/h6-9,13-14,17-19H,4-5,10-12H2,1-3H3;2-5,8H,6-7H2,1H3/t17-,18?,19-,37?;/m1./s1. The van der Waals surface area contributed by atoms with Gasteiger partial charge in [-0.1, -0.05) is 31.2 Å². The zero-order valence-corrected chi connectivity index (χ0v) is 33.7. The van der Waals surface area contributed by atoms with Gasteiger partial charge in [0.15, 0.2) is 28.7 Å². The third-order valence-corrected chi connectivity index (χ3v) is 10.0. The number of hydrogen-bond acceptors (Lipinski definition) is 16. The monoisotopic (exact) mass is 851 g/mol. The Kier molecular flexibility index (Phi) is 14.4. The molecule has 1 aliphatic rings. The molecule has 1 saturated heterocycles. The Hall–Kier alpha value is -6.38. The molecule has 4 atom stereocenters. The quantitative estimate of drug-likeness (QED) is 0.0234. The molecule has 0 radical (unpaired) electrons. The van der Waals surface area contributed by atoms with E-state index in [1.165, 1.54) is 43.3 Å². The van der Waals surface area contributed by atoms with Crippen LogP contribution in [0.3, 0.4) is 0 Å². The van der Waals surface area contributed by atoms with Crippen LogP contribution in [0, 0.1) is 32.4 Å². The Morgan fingerprint density at radius 1 is 0.850 bits per heavy atom. The molecule has 4 aromatic heterocycles. The van der Waals surface area contributed by atoms with E-state index in [-0.39, 0.29) is 54.2 Å². The smallest absolute Gasteiger partial charge is 0.314 e. The summed E-state index contributed by atoms with van der Waals surface area (Å²) in [5, 5.41) is 21.4. The van der Waals surface area contributed by atoms with Crippen molar-refractivity contribution in [3.63, 3.8) is 0 Å². The number of hydrogen-bond donors (Lipinski definition) is 0. The van der Waals surface area contributed by atoms with Crippen LogP contribution in [0.5, 0.6) is 11.8 Å². The minimum absolute atomic E-state index is 0.00952. The summed E-state index contributed by atoms with van der Waals surface area (Å²) in [5.74, 6) is 0.0942. The van der Waals surface area contributed by atoms with Gasteiger partial charge in [0.1, 0.15) is 6.23 Å². The summed E-state index contributed by atoms with van der Waals surface area (Å²) in [5.41, 5.74) is 3.03. The normalized spacial score (nSPS) is 16.8. The van der Waals surface area contributed by atoms with Gasteiger partial charge in [-0.05, 0) is 24.5 Å². The number of non-ortho nitro benzene ring substituents is 2. The maximum absolute atomic E-state index is 14.4. The number of ether oxygens (including phenoxy) is 3. The molecule has 0 aliphatic carbocycles. The van der Waals surface area contributed by atoms with Crippen LogP contribution in [0.25, 0.3) is 22.3 Å². The molecule has 0 N–H and O–H groups in total. The first kappa shape index (κ1) is 43.2. The zero-order chi connectivity index (χ0) is 42.8. The summed E-state index contributed by atoms with van der Waals surface area (Å²) in [4.78, 5) is 48.0. The van der Waals surface area contributed by atoms with Gasteiger partial charge < -0.3 is 27.8 Å². The first-order valence-electron chi connectivity index (χ1n) is 18.6. The highest BCUT2D eigenvalue weighted by Crippen LogP contribution is 2.43. The third kappa shape index (κ3) is 10.8. The van der Waals surface area contributed by atoms with Crippen LogP contribution in [0.1, 0.15) is 44.0 Å². The van der Waals surface area contributed by atoms with E-state index in [2.05, 4.69) is 34.9 Å². The van der Waals surface area contributed by atoms with Gasteiger partial charge in [-0.3, -0.25) is 29.8 Å². The van der Waals surface area contributed by atoms with Gasteiger partial charge in [-0.15, -0.1) is 0 Å². The second-order valence-electron chi connectivity index (χ2n) is 13.1. The van der Waals surface area contributed by atoms with Crippen molar-refractivity contribution < 1.29 is 41.9 Å². The lowest BCUT2D eigenvalue weighted by Gasteiger charge is -2.19. The number of nitro groups is 2. The molecule has 2 unspecified atom stereocenters. The molecule has 5 heterocycles. The summed E-state index contributed by atoms with van der Waals surface area (Å²) in [6.07, 6.45) is 3.92. The van der Waals surface area contributed by atoms with Crippen molar-refractivity contribution in [2.24, 2.45) is 12.0 Å². The van der Waals surface area contributed by atoms with Crippen LogP contribution in [0.2, 0.25) is 0 Å². The second-order valence-corrected chi connectivity index (χ2v) is 14.4.